The zero-order valence-electron chi connectivity index (χ0n) is 19.1. The van der Waals surface area contributed by atoms with Crippen molar-refractivity contribution < 1.29 is 9.47 Å². The Hall–Kier alpha value is -3.68. The van der Waals surface area contributed by atoms with E-state index in [1.807, 2.05) is 48.7 Å². The Balaban J connectivity index is 1.86. The predicted molar refractivity (Wildman–Crippen MR) is 124 cm³/mol. The van der Waals surface area contributed by atoms with Crippen molar-refractivity contribution in [2.75, 3.05) is 19.0 Å². The van der Waals surface area contributed by atoms with Gasteiger partial charge in [-0.3, -0.25) is 0 Å². The van der Waals surface area contributed by atoms with Gasteiger partial charge in [0.25, 0.3) is 0 Å². The van der Waals surface area contributed by atoms with Crippen molar-refractivity contribution in [1.29, 1.82) is 0 Å². The molecule has 166 valence electrons. The minimum Gasteiger partial charge on any atom is -0.481 e. The summed E-state index contributed by atoms with van der Waals surface area (Å²) in [5.41, 5.74) is 5.44. The molecule has 8 heteroatoms. The van der Waals surface area contributed by atoms with E-state index in [9.17, 15) is 0 Å². The first-order chi connectivity index (χ1) is 15.5. The minimum atomic E-state index is 0.247. The number of methoxy groups -OCH3 is 1. The molecular formula is C24H28N6O2. The van der Waals surface area contributed by atoms with Crippen LogP contribution in [0, 0.1) is 6.92 Å². The number of nitrogens with zero attached hydrogens (tertiary/aromatic N) is 5. The van der Waals surface area contributed by atoms with Crippen LogP contribution in [0.5, 0.6) is 11.8 Å². The molecule has 1 N–H and O–H groups in total. The molecule has 0 spiro atoms. The van der Waals surface area contributed by atoms with Gasteiger partial charge in [-0.2, -0.15) is 5.10 Å². The van der Waals surface area contributed by atoms with E-state index in [-0.39, 0.29) is 5.92 Å². The SMILES string of the molecule is CCOc1ncccc1-c1cc(NCc2cccnc2OC)c2c(C(C)C)nc(C)n2n1. The minimum absolute atomic E-state index is 0.247. The molecule has 0 unspecified atom stereocenters. The number of hydrogen-bond acceptors (Lipinski definition) is 7. The van der Waals surface area contributed by atoms with Gasteiger partial charge in [-0.15, -0.1) is 0 Å². The number of aromatic nitrogens is 5. The van der Waals surface area contributed by atoms with E-state index in [0.717, 1.165) is 39.5 Å². The average Bonchev–Trinajstić information content (AvgIpc) is 3.15. The first-order valence-electron chi connectivity index (χ1n) is 10.7. The zero-order valence-corrected chi connectivity index (χ0v) is 19.1. The molecule has 0 aromatic carbocycles. The molecule has 0 aliphatic carbocycles. The topological polar surface area (TPSA) is 86.5 Å². The third-order valence-electron chi connectivity index (χ3n) is 5.17. The van der Waals surface area contributed by atoms with Gasteiger partial charge >= 0.3 is 0 Å². The van der Waals surface area contributed by atoms with E-state index < -0.39 is 0 Å². The van der Waals surface area contributed by atoms with Crippen LogP contribution in [0.3, 0.4) is 0 Å². The number of nitrogens with one attached hydrogen (secondary N) is 1. The fourth-order valence-electron chi connectivity index (χ4n) is 3.70. The number of aryl methyl sites for hydroxylation is 1. The van der Waals surface area contributed by atoms with E-state index in [4.69, 9.17) is 19.6 Å². The summed E-state index contributed by atoms with van der Waals surface area (Å²) in [6, 6.07) is 9.79. The van der Waals surface area contributed by atoms with Gasteiger partial charge < -0.3 is 14.8 Å². The van der Waals surface area contributed by atoms with Gasteiger partial charge in [-0.25, -0.2) is 19.5 Å². The highest BCUT2D eigenvalue weighted by atomic mass is 16.5. The Kier molecular flexibility index (Phi) is 6.20. The summed E-state index contributed by atoms with van der Waals surface area (Å²) in [7, 11) is 1.63. The largest absolute Gasteiger partial charge is 0.481 e. The maximum absolute atomic E-state index is 5.76. The number of rotatable bonds is 8. The van der Waals surface area contributed by atoms with Crippen molar-refractivity contribution in [2.24, 2.45) is 0 Å². The van der Waals surface area contributed by atoms with Crippen LogP contribution in [0.25, 0.3) is 16.8 Å². The van der Waals surface area contributed by atoms with E-state index in [0.29, 0.717) is 24.9 Å². The number of anilines is 1. The molecule has 4 heterocycles. The van der Waals surface area contributed by atoms with Gasteiger partial charge in [0, 0.05) is 24.5 Å². The number of fused-ring (bicyclic) bond motifs is 1. The third kappa shape index (κ3) is 4.08. The average molecular weight is 433 g/mol. The van der Waals surface area contributed by atoms with Crippen molar-refractivity contribution in [3.05, 3.63) is 59.8 Å². The molecule has 0 atom stereocenters. The summed E-state index contributed by atoms with van der Waals surface area (Å²) in [4.78, 5) is 13.5. The summed E-state index contributed by atoms with van der Waals surface area (Å²) < 4.78 is 13.1. The first-order valence-corrected chi connectivity index (χ1v) is 10.7. The molecule has 0 bridgehead atoms. The lowest BCUT2D eigenvalue weighted by molar-refractivity contribution is 0.328. The molecule has 0 aliphatic heterocycles. The van der Waals surface area contributed by atoms with Crippen LogP contribution in [-0.2, 0) is 6.54 Å². The van der Waals surface area contributed by atoms with E-state index >= 15 is 0 Å². The zero-order chi connectivity index (χ0) is 22.7. The van der Waals surface area contributed by atoms with Crippen molar-refractivity contribution >= 4 is 11.2 Å². The second-order valence-electron chi connectivity index (χ2n) is 7.72. The number of ether oxygens (including phenoxy) is 2. The smallest absolute Gasteiger partial charge is 0.222 e. The Labute approximate surface area is 187 Å². The normalized spacial score (nSPS) is 11.2. The number of imidazole rings is 1. The van der Waals surface area contributed by atoms with E-state index in [2.05, 4.69) is 29.1 Å². The van der Waals surface area contributed by atoms with Crippen LogP contribution in [0.15, 0.2) is 42.7 Å². The monoisotopic (exact) mass is 432 g/mol. The highest BCUT2D eigenvalue weighted by molar-refractivity contribution is 5.80. The first kappa shape index (κ1) is 21.5. The Bertz CT molecular complexity index is 1230. The molecule has 0 aliphatic rings. The molecule has 4 aromatic heterocycles. The van der Waals surface area contributed by atoms with Gasteiger partial charge in [0.1, 0.15) is 11.3 Å². The lowest BCUT2D eigenvalue weighted by Crippen LogP contribution is -2.07. The van der Waals surface area contributed by atoms with E-state index in [1.165, 1.54) is 0 Å². The Morgan fingerprint density at radius 3 is 2.56 bits per heavy atom. The standard InChI is InChI=1S/C24H28N6O2/c1-6-32-24-18(10-8-12-26-24)19-13-20(27-14-17-9-7-11-25-23(17)31-5)22-21(15(2)3)28-16(4)30(22)29-19/h7-13,15,27H,6,14H2,1-5H3. The predicted octanol–water partition coefficient (Wildman–Crippen LogP) is 4.64. The molecule has 0 radical (unpaired) electrons. The molecule has 0 fully saturated rings. The fraction of sp³-hybridized carbons (Fsp3) is 0.333. The van der Waals surface area contributed by atoms with Crippen LogP contribution in [0.4, 0.5) is 5.69 Å². The van der Waals surface area contributed by atoms with Crippen molar-refractivity contribution in [3.8, 4) is 23.0 Å². The van der Waals surface area contributed by atoms with E-state index in [1.54, 1.807) is 19.5 Å². The lowest BCUT2D eigenvalue weighted by Gasteiger charge is -2.15. The highest BCUT2D eigenvalue weighted by Gasteiger charge is 2.20. The summed E-state index contributed by atoms with van der Waals surface area (Å²) in [5.74, 6) is 2.24. The highest BCUT2D eigenvalue weighted by Crippen LogP contribution is 2.33. The molecule has 0 saturated heterocycles. The quantitative estimate of drug-likeness (QED) is 0.434. The molecular weight excluding hydrogens is 404 g/mol. The van der Waals surface area contributed by atoms with Gasteiger partial charge in [-0.05, 0) is 44.0 Å². The molecule has 0 amide bonds. The van der Waals surface area contributed by atoms with Crippen LogP contribution in [-0.4, -0.2) is 38.3 Å². The van der Waals surface area contributed by atoms with Crippen molar-refractivity contribution in [3.63, 3.8) is 0 Å². The molecule has 0 saturated carbocycles. The Morgan fingerprint density at radius 2 is 1.84 bits per heavy atom. The lowest BCUT2D eigenvalue weighted by atomic mass is 10.1. The molecule has 4 aromatic rings. The fourth-order valence-corrected chi connectivity index (χ4v) is 3.70. The summed E-state index contributed by atoms with van der Waals surface area (Å²) in [6.07, 6.45) is 3.44. The maximum atomic E-state index is 5.76. The Morgan fingerprint density at radius 1 is 1.09 bits per heavy atom. The summed E-state index contributed by atoms with van der Waals surface area (Å²) in [6.45, 7) is 9.26. The number of hydrogen-bond donors (Lipinski definition) is 1. The van der Waals surface area contributed by atoms with Gasteiger partial charge in [0.2, 0.25) is 11.8 Å². The molecule has 8 nitrogen and oxygen atoms in total. The third-order valence-corrected chi connectivity index (χ3v) is 5.17. The molecule has 4 rings (SSSR count). The van der Waals surface area contributed by atoms with Crippen LogP contribution in [0.2, 0.25) is 0 Å². The second-order valence-corrected chi connectivity index (χ2v) is 7.72. The van der Waals surface area contributed by atoms with Crippen LogP contribution in [0.1, 0.15) is 43.8 Å². The maximum Gasteiger partial charge on any atom is 0.222 e. The van der Waals surface area contributed by atoms with Gasteiger partial charge in [0.15, 0.2) is 0 Å². The van der Waals surface area contributed by atoms with Crippen LogP contribution < -0.4 is 14.8 Å². The second kappa shape index (κ2) is 9.21. The van der Waals surface area contributed by atoms with Gasteiger partial charge in [0.05, 0.1) is 36.4 Å². The number of pyridine rings is 2. The summed E-state index contributed by atoms with van der Waals surface area (Å²) >= 11 is 0. The summed E-state index contributed by atoms with van der Waals surface area (Å²) in [5, 5.41) is 8.46. The van der Waals surface area contributed by atoms with Crippen LogP contribution >= 0.6 is 0 Å². The molecule has 32 heavy (non-hydrogen) atoms. The van der Waals surface area contributed by atoms with Crippen molar-refractivity contribution in [2.45, 2.75) is 40.2 Å². The van der Waals surface area contributed by atoms with Crippen molar-refractivity contribution in [1.82, 2.24) is 24.6 Å². The van der Waals surface area contributed by atoms with Gasteiger partial charge in [-0.1, -0.05) is 19.9 Å².